The van der Waals surface area contributed by atoms with Crippen molar-refractivity contribution in [2.24, 2.45) is 5.41 Å². The van der Waals surface area contributed by atoms with E-state index in [9.17, 15) is 4.79 Å². The first-order chi connectivity index (χ1) is 11.7. The summed E-state index contributed by atoms with van der Waals surface area (Å²) >= 11 is 3.14. The van der Waals surface area contributed by atoms with E-state index in [1.165, 1.54) is 11.8 Å². The lowest BCUT2D eigenvalue weighted by molar-refractivity contribution is -0.119. The standard InChI is InChI=1S/C17H23N3O2S2/c1-22-12-17(6-8-18-9-7-17)11-19-15(21)10-23-16-20-13-4-2-3-5-14(13)24-16/h2-5,18H,6-12H2,1H3,(H,19,21). The molecule has 2 aromatic rings. The van der Waals surface area contributed by atoms with Gasteiger partial charge in [-0.25, -0.2) is 4.98 Å². The van der Waals surface area contributed by atoms with Crippen LogP contribution < -0.4 is 10.6 Å². The molecular formula is C17H23N3O2S2. The minimum Gasteiger partial charge on any atom is -0.384 e. The molecule has 1 aliphatic rings. The van der Waals surface area contributed by atoms with Crippen LogP contribution in [0.2, 0.25) is 0 Å². The largest absolute Gasteiger partial charge is 0.384 e. The highest BCUT2D eigenvalue weighted by molar-refractivity contribution is 8.01. The zero-order valence-corrected chi connectivity index (χ0v) is 15.5. The van der Waals surface area contributed by atoms with Gasteiger partial charge in [-0.3, -0.25) is 4.79 Å². The number of methoxy groups -OCH3 is 1. The minimum atomic E-state index is 0.0632. The molecule has 1 saturated heterocycles. The number of rotatable bonds is 7. The second-order valence-corrected chi connectivity index (χ2v) is 8.45. The lowest BCUT2D eigenvalue weighted by Gasteiger charge is -2.37. The first kappa shape index (κ1) is 17.7. The molecule has 7 heteroatoms. The average Bonchev–Trinajstić information content (AvgIpc) is 3.02. The Morgan fingerprint density at radius 3 is 2.96 bits per heavy atom. The molecule has 1 aliphatic heterocycles. The van der Waals surface area contributed by atoms with E-state index in [1.54, 1.807) is 18.4 Å². The fourth-order valence-electron chi connectivity index (χ4n) is 3.01. The van der Waals surface area contributed by atoms with Crippen LogP contribution in [0.5, 0.6) is 0 Å². The zero-order valence-electron chi connectivity index (χ0n) is 13.8. The van der Waals surface area contributed by atoms with E-state index >= 15 is 0 Å². The average molecular weight is 366 g/mol. The molecule has 2 N–H and O–H groups in total. The molecule has 0 aliphatic carbocycles. The Kier molecular flexibility index (Phi) is 6.10. The van der Waals surface area contributed by atoms with Gasteiger partial charge in [-0.15, -0.1) is 11.3 Å². The summed E-state index contributed by atoms with van der Waals surface area (Å²) in [5, 5.41) is 6.46. The van der Waals surface area contributed by atoms with Crippen LogP contribution >= 0.6 is 23.1 Å². The highest BCUT2D eigenvalue weighted by Crippen LogP contribution is 2.30. The fourth-order valence-corrected chi connectivity index (χ4v) is 4.91. The Morgan fingerprint density at radius 1 is 1.42 bits per heavy atom. The minimum absolute atomic E-state index is 0.0632. The number of ether oxygens (including phenoxy) is 1. The van der Waals surface area contributed by atoms with E-state index in [0.717, 1.165) is 40.5 Å². The molecule has 1 aromatic carbocycles. The molecule has 0 spiro atoms. The van der Waals surface area contributed by atoms with E-state index in [2.05, 4.69) is 21.7 Å². The molecule has 130 valence electrons. The number of nitrogens with zero attached hydrogens (tertiary/aromatic N) is 1. The molecule has 2 heterocycles. The van der Waals surface area contributed by atoms with Gasteiger partial charge in [-0.05, 0) is 38.1 Å². The van der Waals surface area contributed by atoms with Gasteiger partial charge in [0.1, 0.15) is 0 Å². The number of aromatic nitrogens is 1. The van der Waals surface area contributed by atoms with Crippen molar-refractivity contribution in [2.45, 2.75) is 17.2 Å². The predicted octanol–water partition coefficient (Wildman–Crippen LogP) is 2.52. The maximum Gasteiger partial charge on any atom is 0.230 e. The van der Waals surface area contributed by atoms with Gasteiger partial charge in [-0.2, -0.15) is 0 Å². The maximum absolute atomic E-state index is 12.2. The Hall–Kier alpha value is -1.15. The lowest BCUT2D eigenvalue weighted by atomic mass is 9.79. The van der Waals surface area contributed by atoms with Crippen LogP contribution in [0.15, 0.2) is 28.6 Å². The van der Waals surface area contributed by atoms with Gasteiger partial charge >= 0.3 is 0 Å². The molecular weight excluding hydrogens is 342 g/mol. The van der Waals surface area contributed by atoms with Crippen molar-refractivity contribution < 1.29 is 9.53 Å². The summed E-state index contributed by atoms with van der Waals surface area (Å²) < 4.78 is 7.49. The first-order valence-corrected chi connectivity index (χ1v) is 9.96. The van der Waals surface area contributed by atoms with Crippen LogP contribution in [-0.2, 0) is 9.53 Å². The van der Waals surface area contributed by atoms with Crippen molar-refractivity contribution in [2.75, 3.05) is 39.1 Å². The van der Waals surface area contributed by atoms with Gasteiger partial charge in [0.05, 0.1) is 22.6 Å². The highest BCUT2D eigenvalue weighted by Gasteiger charge is 2.32. The zero-order chi connectivity index (χ0) is 16.8. The summed E-state index contributed by atoms with van der Waals surface area (Å²) in [5.41, 5.74) is 1.06. The van der Waals surface area contributed by atoms with E-state index in [-0.39, 0.29) is 11.3 Å². The maximum atomic E-state index is 12.2. The van der Waals surface area contributed by atoms with Gasteiger partial charge in [0, 0.05) is 19.1 Å². The van der Waals surface area contributed by atoms with Crippen molar-refractivity contribution >= 4 is 39.2 Å². The summed E-state index contributed by atoms with van der Waals surface area (Å²) in [6.07, 6.45) is 2.07. The van der Waals surface area contributed by atoms with Gasteiger partial charge in [-0.1, -0.05) is 23.9 Å². The Bertz CT molecular complexity index is 645. The Morgan fingerprint density at radius 2 is 2.21 bits per heavy atom. The molecule has 1 aromatic heterocycles. The summed E-state index contributed by atoms with van der Waals surface area (Å²) in [6.45, 7) is 3.35. The second-order valence-electron chi connectivity index (χ2n) is 6.20. The molecule has 1 fully saturated rings. The third kappa shape index (κ3) is 4.47. The van der Waals surface area contributed by atoms with Crippen LogP contribution in [0.25, 0.3) is 10.2 Å². The van der Waals surface area contributed by atoms with Crippen molar-refractivity contribution in [3.05, 3.63) is 24.3 Å². The van der Waals surface area contributed by atoms with Gasteiger partial charge in [0.2, 0.25) is 5.91 Å². The molecule has 0 unspecified atom stereocenters. The molecule has 24 heavy (non-hydrogen) atoms. The number of para-hydroxylation sites is 1. The topological polar surface area (TPSA) is 63.2 Å². The number of amides is 1. The van der Waals surface area contributed by atoms with Crippen LogP contribution in [0.3, 0.4) is 0 Å². The van der Waals surface area contributed by atoms with Crippen LogP contribution in [0.4, 0.5) is 0 Å². The number of thioether (sulfide) groups is 1. The molecule has 3 rings (SSSR count). The fraction of sp³-hybridized carbons (Fsp3) is 0.529. The van der Waals surface area contributed by atoms with E-state index in [4.69, 9.17) is 4.74 Å². The van der Waals surface area contributed by atoms with Gasteiger partial charge < -0.3 is 15.4 Å². The van der Waals surface area contributed by atoms with Crippen LogP contribution in [-0.4, -0.2) is 50.0 Å². The number of piperidine rings is 1. The molecule has 5 nitrogen and oxygen atoms in total. The third-order valence-corrected chi connectivity index (χ3v) is 6.56. The van der Waals surface area contributed by atoms with Crippen molar-refractivity contribution in [1.29, 1.82) is 0 Å². The molecule has 0 bridgehead atoms. The quantitative estimate of drug-likeness (QED) is 0.738. The van der Waals surface area contributed by atoms with Crippen molar-refractivity contribution in [1.82, 2.24) is 15.6 Å². The predicted molar refractivity (Wildman–Crippen MR) is 99.8 cm³/mol. The highest BCUT2D eigenvalue weighted by atomic mass is 32.2. The SMILES string of the molecule is COCC1(CNC(=O)CSc2nc3ccccc3s2)CCNCC1. The normalized spacial score (nSPS) is 17.0. The number of benzene rings is 1. The number of hydrogen-bond acceptors (Lipinski definition) is 6. The summed E-state index contributed by atoms with van der Waals surface area (Å²) in [6, 6.07) is 8.05. The van der Waals surface area contributed by atoms with Gasteiger partial charge in [0.25, 0.3) is 0 Å². The summed E-state index contributed by atoms with van der Waals surface area (Å²) in [4.78, 5) is 16.8. The molecule has 1 amide bonds. The van der Waals surface area contributed by atoms with Crippen LogP contribution in [0.1, 0.15) is 12.8 Å². The summed E-state index contributed by atoms with van der Waals surface area (Å²) in [5.74, 6) is 0.467. The van der Waals surface area contributed by atoms with Gasteiger partial charge in [0.15, 0.2) is 4.34 Å². The number of carbonyl (C=O) groups is 1. The molecule has 0 radical (unpaired) electrons. The number of carbonyl (C=O) groups excluding carboxylic acids is 1. The summed E-state index contributed by atoms with van der Waals surface area (Å²) in [7, 11) is 1.73. The lowest BCUT2D eigenvalue weighted by Crippen LogP contribution is -2.47. The Balaban J connectivity index is 1.49. The number of thiazole rings is 1. The van der Waals surface area contributed by atoms with Crippen molar-refractivity contribution in [3.63, 3.8) is 0 Å². The smallest absolute Gasteiger partial charge is 0.230 e. The molecule has 0 atom stereocenters. The number of hydrogen-bond donors (Lipinski definition) is 2. The van der Waals surface area contributed by atoms with E-state index < -0.39 is 0 Å². The first-order valence-electron chi connectivity index (χ1n) is 8.16. The second kappa shape index (κ2) is 8.29. The van der Waals surface area contributed by atoms with Crippen LogP contribution in [0, 0.1) is 5.41 Å². The monoisotopic (exact) mass is 365 g/mol. The number of fused-ring (bicyclic) bond motifs is 1. The van der Waals surface area contributed by atoms with E-state index in [0.29, 0.717) is 18.9 Å². The molecule has 0 saturated carbocycles. The Labute approximate surface area is 150 Å². The third-order valence-electron chi connectivity index (χ3n) is 4.38. The van der Waals surface area contributed by atoms with Crippen molar-refractivity contribution in [3.8, 4) is 0 Å². The van der Waals surface area contributed by atoms with E-state index in [1.807, 2.05) is 18.2 Å². The number of nitrogens with one attached hydrogen (secondary N) is 2.